The number of carbonyl (C=O) groups is 1. The monoisotopic (exact) mass is 363 g/mol. The molecule has 2 heterocycles. The van der Waals surface area contributed by atoms with Gasteiger partial charge < -0.3 is 15.0 Å². The van der Waals surface area contributed by atoms with Crippen molar-refractivity contribution >= 4 is 23.9 Å². The van der Waals surface area contributed by atoms with E-state index >= 15 is 0 Å². The molecule has 3 N–H and O–H groups in total. The van der Waals surface area contributed by atoms with Gasteiger partial charge in [0.2, 0.25) is 0 Å². The summed E-state index contributed by atoms with van der Waals surface area (Å²) in [7, 11) is 0. The van der Waals surface area contributed by atoms with Crippen LogP contribution in [0.4, 0.5) is 5.82 Å². The maximum Gasteiger partial charge on any atom is 0.260 e. The summed E-state index contributed by atoms with van der Waals surface area (Å²) in [4.78, 5) is 18.8. The minimum Gasteiger partial charge on any atom is -0.492 e. The molecule has 1 aliphatic carbocycles. The van der Waals surface area contributed by atoms with Gasteiger partial charge in [-0.25, -0.2) is 4.98 Å². The summed E-state index contributed by atoms with van der Waals surface area (Å²) in [6, 6.07) is 10.7. The number of nitrogens with one attached hydrogen (secondary N) is 3. The van der Waals surface area contributed by atoms with Crippen LogP contribution in [-0.4, -0.2) is 41.1 Å². The quantitative estimate of drug-likeness (QED) is 0.535. The molecule has 2 atom stereocenters. The number of aryl methyl sites for hydroxylation is 1. The molecule has 2 aliphatic rings. The average molecular weight is 363 g/mol. The van der Waals surface area contributed by atoms with Gasteiger partial charge in [0, 0.05) is 6.54 Å². The first-order valence-electron chi connectivity index (χ1n) is 8.93. The van der Waals surface area contributed by atoms with Crippen molar-refractivity contribution < 1.29 is 9.53 Å². The van der Waals surface area contributed by atoms with Crippen LogP contribution < -0.4 is 10.1 Å². The first-order chi connectivity index (χ1) is 13.0. The van der Waals surface area contributed by atoms with Crippen molar-refractivity contribution in [2.45, 2.75) is 13.3 Å². The van der Waals surface area contributed by atoms with E-state index in [0.717, 1.165) is 18.3 Å². The molecule has 1 amide bonds. The molecule has 0 radical (unpaired) electrons. The highest BCUT2D eigenvalue weighted by Crippen LogP contribution is 2.40. The first-order valence-corrected chi connectivity index (χ1v) is 8.93. The van der Waals surface area contributed by atoms with Crippen LogP contribution in [0.2, 0.25) is 0 Å². The van der Waals surface area contributed by atoms with Crippen molar-refractivity contribution in [3.05, 3.63) is 53.2 Å². The minimum atomic E-state index is -0.293. The molecule has 2 aromatic rings. The number of ether oxygens (including phenoxy) is 1. The summed E-state index contributed by atoms with van der Waals surface area (Å²) in [5, 5.41) is 18.8. The first kappa shape index (κ1) is 17.2. The number of rotatable bonds is 1. The Balaban J connectivity index is 1.72. The fourth-order valence-corrected chi connectivity index (χ4v) is 3.31. The molecule has 1 aromatic carbocycles. The number of fused-ring (bicyclic) bond motifs is 4. The lowest BCUT2D eigenvalue weighted by molar-refractivity contribution is 0.102. The molecule has 1 aliphatic heterocycles. The second-order valence-electron chi connectivity index (χ2n) is 7.06. The molecule has 7 nitrogen and oxygen atoms in total. The summed E-state index contributed by atoms with van der Waals surface area (Å²) in [6.07, 6.45) is 2.15. The molecule has 1 saturated carbocycles. The number of pyridine rings is 1. The molecule has 1 aromatic heterocycles. The van der Waals surface area contributed by atoms with E-state index in [1.54, 1.807) is 23.1 Å². The Kier molecular flexibility index (Phi) is 4.35. The number of aromatic nitrogens is 1. The number of anilines is 1. The van der Waals surface area contributed by atoms with Gasteiger partial charge in [0.1, 0.15) is 17.3 Å². The zero-order valence-electron chi connectivity index (χ0n) is 15.0. The van der Waals surface area contributed by atoms with Gasteiger partial charge in [-0.1, -0.05) is 17.7 Å². The lowest BCUT2D eigenvalue weighted by atomic mass is 10.1. The highest BCUT2D eigenvalue weighted by atomic mass is 16.5. The average Bonchev–Trinajstić information content (AvgIpc) is 3.42. The molecule has 7 heteroatoms. The van der Waals surface area contributed by atoms with Crippen LogP contribution in [0, 0.1) is 29.6 Å². The molecular weight excluding hydrogens is 342 g/mol. The summed E-state index contributed by atoms with van der Waals surface area (Å²) in [6.45, 7) is 3.05. The maximum atomic E-state index is 12.8. The van der Waals surface area contributed by atoms with Crippen LogP contribution in [0.5, 0.6) is 5.75 Å². The smallest absolute Gasteiger partial charge is 0.260 e. The molecule has 138 valence electrons. The second kappa shape index (κ2) is 6.83. The Bertz CT molecular complexity index is 926. The summed E-state index contributed by atoms with van der Waals surface area (Å²) < 4.78 is 5.95. The van der Waals surface area contributed by atoms with E-state index in [-0.39, 0.29) is 11.7 Å². The maximum absolute atomic E-state index is 12.8. The minimum absolute atomic E-state index is 0.154. The highest BCUT2D eigenvalue weighted by Gasteiger charge is 2.39. The van der Waals surface area contributed by atoms with Gasteiger partial charge in [-0.15, -0.1) is 0 Å². The fraction of sp³-hybridized carbons (Fsp3) is 0.300. The van der Waals surface area contributed by atoms with E-state index < -0.39 is 0 Å². The van der Waals surface area contributed by atoms with Crippen LogP contribution in [0.1, 0.15) is 28.0 Å². The standard InChI is InChI=1S/C20H21N5O2/c1-12-5-6-17-15(7-12)20(26)24-18-4-2-3-16(23-18)19(22)25(11-21)9-13-8-14(13)10-27-17/h2-7,11,13-14,21-22H,8-10H2,1H3,(H,23,24,26). The van der Waals surface area contributed by atoms with Gasteiger partial charge in [0.25, 0.3) is 5.91 Å². The van der Waals surface area contributed by atoms with Crippen molar-refractivity contribution in [2.24, 2.45) is 11.8 Å². The molecular formula is C20H21N5O2. The third-order valence-corrected chi connectivity index (χ3v) is 5.01. The Morgan fingerprint density at radius 2 is 2.15 bits per heavy atom. The van der Waals surface area contributed by atoms with Gasteiger partial charge >= 0.3 is 0 Å². The van der Waals surface area contributed by atoms with E-state index in [0.29, 0.717) is 47.8 Å². The van der Waals surface area contributed by atoms with Crippen LogP contribution in [-0.2, 0) is 0 Å². The van der Waals surface area contributed by atoms with Crippen molar-refractivity contribution in [1.29, 1.82) is 10.8 Å². The molecule has 0 saturated heterocycles. The number of nitrogens with zero attached hydrogens (tertiary/aromatic N) is 2. The Morgan fingerprint density at radius 3 is 2.96 bits per heavy atom. The van der Waals surface area contributed by atoms with Crippen molar-refractivity contribution in [3.8, 4) is 5.75 Å². The Hall–Kier alpha value is -3.22. The zero-order chi connectivity index (χ0) is 19.0. The number of hydrogen-bond acceptors (Lipinski definition) is 5. The van der Waals surface area contributed by atoms with E-state index in [4.69, 9.17) is 15.6 Å². The largest absolute Gasteiger partial charge is 0.492 e. The second-order valence-corrected chi connectivity index (χ2v) is 7.06. The lowest BCUT2D eigenvalue weighted by Crippen LogP contribution is -2.32. The highest BCUT2D eigenvalue weighted by molar-refractivity contribution is 6.06. The fourth-order valence-electron chi connectivity index (χ4n) is 3.31. The predicted molar refractivity (Wildman–Crippen MR) is 103 cm³/mol. The summed E-state index contributed by atoms with van der Waals surface area (Å²) in [5.74, 6) is 1.51. The normalized spacial score (nSPS) is 21.9. The Morgan fingerprint density at radius 1 is 1.30 bits per heavy atom. The molecule has 0 spiro atoms. The van der Waals surface area contributed by atoms with Crippen LogP contribution in [0.3, 0.4) is 0 Å². The van der Waals surface area contributed by atoms with Gasteiger partial charge in [0.05, 0.1) is 18.5 Å². The Labute approximate surface area is 157 Å². The van der Waals surface area contributed by atoms with Crippen molar-refractivity contribution in [3.63, 3.8) is 0 Å². The molecule has 2 unspecified atom stereocenters. The number of carbonyl (C=O) groups excluding carboxylic acids is 1. The van der Waals surface area contributed by atoms with E-state index in [2.05, 4.69) is 10.3 Å². The van der Waals surface area contributed by atoms with Gasteiger partial charge in [-0.3, -0.25) is 15.6 Å². The molecule has 4 rings (SSSR count). The van der Waals surface area contributed by atoms with Gasteiger partial charge in [-0.05, 0) is 49.4 Å². The van der Waals surface area contributed by atoms with Crippen molar-refractivity contribution in [1.82, 2.24) is 9.88 Å². The number of amidine groups is 1. The van der Waals surface area contributed by atoms with E-state index in [1.807, 2.05) is 25.1 Å². The molecule has 27 heavy (non-hydrogen) atoms. The topological polar surface area (TPSA) is 102 Å². The van der Waals surface area contributed by atoms with Gasteiger partial charge in [-0.2, -0.15) is 0 Å². The van der Waals surface area contributed by atoms with Crippen LogP contribution in [0.25, 0.3) is 0 Å². The van der Waals surface area contributed by atoms with Crippen LogP contribution in [0.15, 0.2) is 36.4 Å². The zero-order valence-corrected chi connectivity index (χ0v) is 15.0. The molecule has 2 bridgehead atoms. The third kappa shape index (κ3) is 3.53. The van der Waals surface area contributed by atoms with Crippen molar-refractivity contribution in [2.75, 3.05) is 18.5 Å². The van der Waals surface area contributed by atoms with Gasteiger partial charge in [0.15, 0.2) is 5.84 Å². The molecule has 1 fully saturated rings. The number of hydrogen-bond donors (Lipinski definition) is 3. The van der Waals surface area contributed by atoms with E-state index in [9.17, 15) is 4.79 Å². The SMILES string of the molecule is Cc1ccc2c(c1)C(=O)Nc1cccc(n1)C(=N)N(C=N)CC1CC1CO2. The third-order valence-electron chi connectivity index (χ3n) is 5.01. The van der Waals surface area contributed by atoms with Crippen LogP contribution >= 0.6 is 0 Å². The number of benzene rings is 1. The predicted octanol–water partition coefficient (Wildman–Crippen LogP) is 2.91. The summed E-state index contributed by atoms with van der Waals surface area (Å²) >= 11 is 0. The number of amides is 1. The lowest BCUT2D eigenvalue weighted by Gasteiger charge is -2.20. The van der Waals surface area contributed by atoms with E-state index in [1.165, 1.54) is 0 Å². The summed E-state index contributed by atoms with van der Waals surface area (Å²) in [5.41, 5.74) is 1.88.